The molecule has 0 aliphatic heterocycles. The van der Waals surface area contributed by atoms with Crippen molar-refractivity contribution in [2.24, 2.45) is 0 Å². The summed E-state index contributed by atoms with van der Waals surface area (Å²) in [5, 5.41) is 0. The van der Waals surface area contributed by atoms with E-state index in [1.807, 2.05) is 0 Å². The highest BCUT2D eigenvalue weighted by Crippen LogP contribution is 2.65. The van der Waals surface area contributed by atoms with E-state index >= 15 is 0 Å². The van der Waals surface area contributed by atoms with Gasteiger partial charge in [0.25, 0.3) is 0 Å². The Hall–Kier alpha value is -2.50. The molecular weight excluding hydrogens is 586 g/mol. The number of alkyl halides is 17. The molecule has 1 aromatic rings. The van der Waals surface area contributed by atoms with E-state index in [0.29, 0.717) is 0 Å². The summed E-state index contributed by atoms with van der Waals surface area (Å²) in [4.78, 5) is 0. The van der Waals surface area contributed by atoms with Gasteiger partial charge in [-0.2, -0.15) is 74.6 Å². The van der Waals surface area contributed by atoms with E-state index in [1.165, 1.54) is 13.8 Å². The second-order valence-electron chi connectivity index (χ2n) is 7.73. The smallest absolute Gasteiger partial charge is 0.460 e. The second kappa shape index (κ2) is 9.31. The van der Waals surface area contributed by atoms with Gasteiger partial charge in [0, 0.05) is 0 Å². The van der Waals surface area contributed by atoms with Crippen molar-refractivity contribution in [1.82, 2.24) is 0 Å². The van der Waals surface area contributed by atoms with Gasteiger partial charge in [0.05, 0.1) is 17.2 Å². The molecule has 0 bridgehead atoms. The fourth-order valence-electron chi connectivity index (χ4n) is 2.70. The molecule has 19 heteroatoms. The molecule has 0 atom stereocenters. The van der Waals surface area contributed by atoms with Crippen LogP contribution in [0.1, 0.15) is 25.0 Å². The summed E-state index contributed by atoms with van der Waals surface area (Å²) < 4.78 is 248. The fourth-order valence-corrected chi connectivity index (χ4v) is 2.70. The minimum atomic E-state index is -8.76. The van der Waals surface area contributed by atoms with Crippen molar-refractivity contribution in [3.05, 3.63) is 35.7 Å². The van der Waals surface area contributed by atoms with Crippen LogP contribution in [0.4, 0.5) is 79.0 Å². The Labute approximate surface area is 200 Å². The minimum absolute atomic E-state index is 0.183. The molecule has 0 fully saturated rings. The van der Waals surface area contributed by atoms with Gasteiger partial charge in [0.15, 0.2) is 0 Å². The summed E-state index contributed by atoms with van der Waals surface area (Å²) >= 11 is 0. The number of hydrogen-bond acceptors (Lipinski definition) is 1. The highest BCUT2D eigenvalue weighted by Gasteiger charge is 2.95. The van der Waals surface area contributed by atoms with Crippen molar-refractivity contribution in [3.8, 4) is 5.75 Å². The van der Waals surface area contributed by atoms with E-state index in [2.05, 4.69) is 6.58 Å². The van der Waals surface area contributed by atoms with Gasteiger partial charge >= 0.3 is 47.6 Å². The van der Waals surface area contributed by atoms with Crippen molar-refractivity contribution in [3.63, 3.8) is 0 Å². The van der Waals surface area contributed by atoms with E-state index in [-0.39, 0.29) is 12.1 Å². The Bertz CT molecular complexity index is 1040. The zero-order valence-corrected chi connectivity index (χ0v) is 18.2. The Morgan fingerprint density at radius 2 is 1.00 bits per heavy atom. The molecular formula is C19H12F18O. The monoisotopic (exact) mass is 598 g/mol. The standard InChI is InChI=1S/C19H12F18O/c1-4-8-10(38-7(2)3)6-5-9(11(8)20)12(21,22)13(23,24)14(25,26)15(27,28)16(29,30)17(31,32)18(33,34)19(35,36)37/h4-7H,1H2,2-3H3. The van der Waals surface area contributed by atoms with Gasteiger partial charge in [-0.25, -0.2) is 4.39 Å². The maximum absolute atomic E-state index is 14.5. The van der Waals surface area contributed by atoms with Gasteiger partial charge in [-0.1, -0.05) is 12.7 Å². The summed E-state index contributed by atoms with van der Waals surface area (Å²) in [6.07, 6.45) is -8.46. The highest BCUT2D eigenvalue weighted by molar-refractivity contribution is 5.58. The first-order valence-electron chi connectivity index (χ1n) is 9.35. The van der Waals surface area contributed by atoms with Gasteiger partial charge in [-0.3, -0.25) is 0 Å². The molecule has 0 unspecified atom stereocenters. The molecule has 1 nitrogen and oxygen atoms in total. The quantitative estimate of drug-likeness (QED) is 0.245. The Morgan fingerprint density at radius 1 is 0.632 bits per heavy atom. The van der Waals surface area contributed by atoms with Crippen LogP contribution in [0.25, 0.3) is 6.08 Å². The number of rotatable bonds is 10. The van der Waals surface area contributed by atoms with Crippen LogP contribution in [0.2, 0.25) is 0 Å². The van der Waals surface area contributed by atoms with Crippen LogP contribution in [-0.2, 0) is 5.92 Å². The lowest BCUT2D eigenvalue weighted by atomic mass is 9.86. The predicted octanol–water partition coefficient (Wildman–Crippen LogP) is 8.72. The molecule has 0 radical (unpaired) electrons. The van der Waals surface area contributed by atoms with Crippen molar-refractivity contribution >= 4 is 6.08 Å². The second-order valence-corrected chi connectivity index (χ2v) is 7.73. The Balaban J connectivity index is 3.84. The fraction of sp³-hybridized carbons (Fsp3) is 0.579. The average Bonchev–Trinajstić information content (AvgIpc) is 2.71. The normalized spacial score (nSPS) is 15.2. The van der Waals surface area contributed by atoms with Crippen LogP contribution >= 0.6 is 0 Å². The van der Waals surface area contributed by atoms with Gasteiger partial charge in [0.1, 0.15) is 11.6 Å². The third-order valence-corrected chi connectivity index (χ3v) is 4.77. The summed E-state index contributed by atoms with van der Waals surface area (Å²) in [6, 6.07) is -0.297. The van der Waals surface area contributed by atoms with E-state index < -0.39 is 82.5 Å². The molecule has 38 heavy (non-hydrogen) atoms. The van der Waals surface area contributed by atoms with Crippen LogP contribution in [-0.4, -0.2) is 47.8 Å². The maximum atomic E-state index is 14.5. The van der Waals surface area contributed by atoms with Gasteiger partial charge in [-0.15, -0.1) is 0 Å². The first-order chi connectivity index (χ1) is 16.5. The Kier molecular flexibility index (Phi) is 8.21. The Morgan fingerprint density at radius 3 is 1.34 bits per heavy atom. The number of hydrogen-bond donors (Lipinski definition) is 0. The van der Waals surface area contributed by atoms with E-state index in [9.17, 15) is 79.0 Å². The molecule has 0 aliphatic carbocycles. The molecule has 0 heterocycles. The molecule has 0 aliphatic rings. The zero-order chi connectivity index (χ0) is 30.7. The van der Waals surface area contributed by atoms with Crippen molar-refractivity contribution in [2.75, 3.05) is 0 Å². The highest BCUT2D eigenvalue weighted by atomic mass is 19.4. The van der Waals surface area contributed by atoms with Crippen LogP contribution in [0, 0.1) is 5.82 Å². The van der Waals surface area contributed by atoms with Crippen LogP contribution in [0.3, 0.4) is 0 Å². The number of benzene rings is 1. The summed E-state index contributed by atoms with van der Waals surface area (Å²) in [5.74, 6) is -61.4. The first-order valence-corrected chi connectivity index (χ1v) is 9.35. The van der Waals surface area contributed by atoms with Crippen molar-refractivity contribution < 1.29 is 83.8 Å². The predicted molar refractivity (Wildman–Crippen MR) is 91.9 cm³/mol. The zero-order valence-electron chi connectivity index (χ0n) is 18.2. The lowest BCUT2D eigenvalue weighted by Gasteiger charge is -2.42. The maximum Gasteiger partial charge on any atom is 0.460 e. The topological polar surface area (TPSA) is 9.23 Å². The van der Waals surface area contributed by atoms with Crippen LogP contribution in [0.5, 0.6) is 5.75 Å². The van der Waals surface area contributed by atoms with Crippen LogP contribution < -0.4 is 4.74 Å². The van der Waals surface area contributed by atoms with Crippen LogP contribution in [0.15, 0.2) is 18.7 Å². The van der Waals surface area contributed by atoms with Crippen molar-refractivity contribution in [1.29, 1.82) is 0 Å². The number of halogens is 18. The number of ether oxygens (including phenoxy) is 1. The largest absolute Gasteiger partial charge is 0.490 e. The minimum Gasteiger partial charge on any atom is -0.490 e. The molecule has 220 valence electrons. The van der Waals surface area contributed by atoms with E-state index in [0.717, 1.165) is 0 Å². The average molecular weight is 598 g/mol. The lowest BCUT2D eigenvalue weighted by Crippen LogP contribution is -2.74. The summed E-state index contributed by atoms with van der Waals surface area (Å²) in [6.45, 7) is 5.37. The summed E-state index contributed by atoms with van der Waals surface area (Å²) in [7, 11) is 0. The first kappa shape index (κ1) is 33.5. The summed E-state index contributed by atoms with van der Waals surface area (Å²) in [5.41, 5.74) is -4.23. The molecule has 0 saturated heterocycles. The van der Waals surface area contributed by atoms with Gasteiger partial charge in [0.2, 0.25) is 0 Å². The van der Waals surface area contributed by atoms with E-state index in [1.54, 1.807) is 0 Å². The molecule has 0 aromatic heterocycles. The molecule has 1 aromatic carbocycles. The molecule has 0 amide bonds. The van der Waals surface area contributed by atoms with E-state index in [4.69, 9.17) is 4.74 Å². The van der Waals surface area contributed by atoms with Crippen molar-refractivity contribution in [2.45, 2.75) is 67.6 Å². The van der Waals surface area contributed by atoms with Gasteiger partial charge < -0.3 is 4.74 Å². The third-order valence-electron chi connectivity index (χ3n) is 4.77. The third kappa shape index (κ3) is 4.42. The van der Waals surface area contributed by atoms with Gasteiger partial charge in [-0.05, 0) is 26.0 Å². The molecule has 0 saturated carbocycles. The molecule has 0 N–H and O–H groups in total. The molecule has 0 spiro atoms. The lowest BCUT2D eigenvalue weighted by molar-refractivity contribution is -0.462. The molecule has 1 rings (SSSR count). The SMILES string of the molecule is C=Cc1c(OC(C)C)ccc(C(F)(F)C(F)(F)C(F)(F)C(F)(F)C(F)(F)C(F)(F)C(F)(F)C(F)(F)F)c1F.